The van der Waals surface area contributed by atoms with Crippen LogP contribution in [0.5, 0.6) is 0 Å². The van der Waals surface area contributed by atoms with Crippen molar-refractivity contribution in [3.8, 4) is 0 Å². The summed E-state index contributed by atoms with van der Waals surface area (Å²) < 4.78 is 11.0. The van der Waals surface area contributed by atoms with Crippen molar-refractivity contribution in [2.75, 3.05) is 37.7 Å². The lowest BCUT2D eigenvalue weighted by Crippen LogP contribution is -2.39. The van der Waals surface area contributed by atoms with Crippen molar-refractivity contribution < 1.29 is 9.53 Å². The lowest BCUT2D eigenvalue weighted by molar-refractivity contribution is -0.151. The molecule has 0 radical (unpaired) electrons. The molecule has 1 atom stereocenters. The van der Waals surface area contributed by atoms with Crippen LogP contribution < -0.4 is 10.2 Å². The quantitative estimate of drug-likeness (QED) is 0.196. The van der Waals surface area contributed by atoms with Gasteiger partial charge in [-0.15, -0.1) is 0 Å². The molecule has 44 heavy (non-hydrogen) atoms. The molecule has 8 rings (SSSR count). The van der Waals surface area contributed by atoms with E-state index in [4.69, 9.17) is 14.7 Å². The molecule has 2 saturated heterocycles. The van der Waals surface area contributed by atoms with E-state index in [0.29, 0.717) is 18.4 Å². The number of carbonyl (C=O) groups excluding carboxylic acids is 1. The Bertz CT molecular complexity index is 1740. The molecule has 0 unspecified atom stereocenters. The zero-order valence-corrected chi connectivity index (χ0v) is 25.9. The molecular formula is C35H40N6O2S. The van der Waals surface area contributed by atoms with E-state index in [-0.39, 0.29) is 17.9 Å². The second-order valence-electron chi connectivity index (χ2n) is 12.8. The number of esters is 1. The van der Waals surface area contributed by atoms with E-state index in [9.17, 15) is 4.79 Å². The predicted molar refractivity (Wildman–Crippen MR) is 175 cm³/mol. The van der Waals surface area contributed by atoms with Crippen LogP contribution in [0.25, 0.3) is 22.1 Å². The highest BCUT2D eigenvalue weighted by molar-refractivity contribution is 7.07. The monoisotopic (exact) mass is 608 g/mol. The van der Waals surface area contributed by atoms with Gasteiger partial charge in [0.15, 0.2) is 0 Å². The summed E-state index contributed by atoms with van der Waals surface area (Å²) in [6.45, 7) is 4.82. The molecule has 3 aromatic heterocycles. The van der Waals surface area contributed by atoms with Gasteiger partial charge < -0.3 is 24.1 Å². The number of anilines is 1. The van der Waals surface area contributed by atoms with E-state index in [2.05, 4.69) is 78.6 Å². The Morgan fingerprint density at radius 2 is 1.64 bits per heavy atom. The molecule has 228 valence electrons. The van der Waals surface area contributed by atoms with Crippen LogP contribution in [-0.2, 0) is 16.1 Å². The highest BCUT2D eigenvalue weighted by atomic mass is 32.1. The number of hydrogen-bond donors (Lipinski definition) is 1. The maximum absolute atomic E-state index is 13.6. The zero-order valence-electron chi connectivity index (χ0n) is 25.1. The van der Waals surface area contributed by atoms with Gasteiger partial charge in [-0.25, -0.2) is 9.97 Å². The summed E-state index contributed by atoms with van der Waals surface area (Å²) in [6.07, 6.45) is 6.12. The molecular weight excluding hydrogens is 568 g/mol. The molecule has 9 heteroatoms. The van der Waals surface area contributed by atoms with Gasteiger partial charge in [-0.2, -0.15) is 11.3 Å². The summed E-state index contributed by atoms with van der Waals surface area (Å²) in [5.74, 6) is 3.02. The van der Waals surface area contributed by atoms with Crippen molar-refractivity contribution in [3.63, 3.8) is 0 Å². The Balaban J connectivity index is 0.980. The van der Waals surface area contributed by atoms with Gasteiger partial charge in [-0.05, 0) is 104 Å². The number of rotatable bonds is 9. The van der Waals surface area contributed by atoms with Crippen LogP contribution in [0.15, 0.2) is 65.4 Å². The number of ether oxygens (including phenoxy) is 1. The van der Waals surface area contributed by atoms with Gasteiger partial charge in [0, 0.05) is 19.0 Å². The molecule has 2 aliphatic heterocycles. The van der Waals surface area contributed by atoms with Crippen LogP contribution in [0.2, 0.25) is 0 Å². The molecule has 0 spiro atoms. The number of para-hydroxylation sites is 4. The summed E-state index contributed by atoms with van der Waals surface area (Å²) in [5, 5.41) is 7.85. The van der Waals surface area contributed by atoms with E-state index in [0.717, 1.165) is 80.9 Å². The topological polar surface area (TPSA) is 77.2 Å². The third-order valence-corrected chi connectivity index (χ3v) is 10.6. The minimum absolute atomic E-state index is 0.0484. The Hall–Kier alpha value is -3.69. The van der Waals surface area contributed by atoms with Crippen molar-refractivity contribution in [1.29, 1.82) is 0 Å². The van der Waals surface area contributed by atoms with Gasteiger partial charge in [0.05, 0.1) is 40.6 Å². The predicted octanol–water partition coefficient (Wildman–Crippen LogP) is 6.37. The number of benzene rings is 2. The van der Waals surface area contributed by atoms with Gasteiger partial charge in [-0.3, -0.25) is 4.79 Å². The van der Waals surface area contributed by atoms with Crippen molar-refractivity contribution >= 4 is 45.3 Å². The van der Waals surface area contributed by atoms with Gasteiger partial charge >= 0.3 is 5.97 Å². The SMILES string of the molecule is O=C(OC[C@H](C1CCNCC1)n1c(C2CC2)nc2ccccc21)C1CCN(c2nc3ccccc3n2Cc2ccsc2)CC1. The molecule has 3 aliphatic rings. The number of nitrogens with zero attached hydrogens (tertiary/aromatic N) is 5. The Kier molecular flexibility index (Phi) is 7.60. The number of thiophene rings is 1. The summed E-state index contributed by atoms with van der Waals surface area (Å²) in [4.78, 5) is 26.1. The van der Waals surface area contributed by atoms with E-state index < -0.39 is 0 Å². The standard InChI is InChI=1S/C35H40N6O2S/c42-34(27-13-18-39(19-14-27)35-38-28-5-1-3-7-30(28)40(35)21-24-15-20-44-23-24)43-22-32(25-11-16-36-17-12-25)41-31-8-4-2-6-29(31)37-33(41)26-9-10-26/h1-8,15,20,23,25-27,32,36H,9-14,16-19,21-22H2/t32-/m1/s1. The van der Waals surface area contributed by atoms with Gasteiger partial charge in [-0.1, -0.05) is 24.3 Å². The number of fused-ring (bicyclic) bond motifs is 2. The first-order valence-electron chi connectivity index (χ1n) is 16.3. The maximum Gasteiger partial charge on any atom is 0.309 e. The van der Waals surface area contributed by atoms with Crippen molar-refractivity contribution in [1.82, 2.24) is 24.4 Å². The number of carbonyl (C=O) groups is 1. The van der Waals surface area contributed by atoms with Crippen LogP contribution in [0.4, 0.5) is 5.95 Å². The number of piperidine rings is 2. The minimum Gasteiger partial charge on any atom is -0.463 e. The maximum atomic E-state index is 13.6. The average Bonchev–Trinajstić information content (AvgIpc) is 3.48. The molecule has 1 aliphatic carbocycles. The molecule has 1 N–H and O–H groups in total. The van der Waals surface area contributed by atoms with E-state index >= 15 is 0 Å². The lowest BCUT2D eigenvalue weighted by Gasteiger charge is -2.34. The Morgan fingerprint density at radius 1 is 0.909 bits per heavy atom. The molecule has 2 aromatic carbocycles. The molecule has 0 bridgehead atoms. The summed E-state index contributed by atoms with van der Waals surface area (Å²) in [5.41, 5.74) is 5.68. The van der Waals surface area contributed by atoms with Crippen LogP contribution in [0.3, 0.4) is 0 Å². The minimum atomic E-state index is -0.0861. The van der Waals surface area contributed by atoms with Crippen molar-refractivity contribution in [3.05, 3.63) is 76.7 Å². The van der Waals surface area contributed by atoms with Crippen LogP contribution in [-0.4, -0.2) is 57.9 Å². The zero-order chi connectivity index (χ0) is 29.5. The fraction of sp³-hybridized carbons (Fsp3) is 0.457. The molecule has 1 saturated carbocycles. The van der Waals surface area contributed by atoms with E-state index in [1.54, 1.807) is 11.3 Å². The smallest absolute Gasteiger partial charge is 0.309 e. The molecule has 3 fully saturated rings. The summed E-state index contributed by atoms with van der Waals surface area (Å²) in [7, 11) is 0. The fourth-order valence-electron chi connectivity index (χ4n) is 7.32. The van der Waals surface area contributed by atoms with Gasteiger partial charge in [0.1, 0.15) is 12.4 Å². The van der Waals surface area contributed by atoms with Gasteiger partial charge in [0.25, 0.3) is 0 Å². The van der Waals surface area contributed by atoms with Crippen molar-refractivity contribution in [2.24, 2.45) is 11.8 Å². The van der Waals surface area contributed by atoms with Crippen LogP contribution in [0, 0.1) is 11.8 Å². The van der Waals surface area contributed by atoms with Crippen LogP contribution >= 0.6 is 11.3 Å². The number of aromatic nitrogens is 4. The first-order valence-corrected chi connectivity index (χ1v) is 17.2. The first kappa shape index (κ1) is 27.8. The van der Waals surface area contributed by atoms with Crippen molar-refractivity contribution in [2.45, 2.75) is 57.0 Å². The number of hydrogen-bond acceptors (Lipinski definition) is 7. The third kappa shape index (κ3) is 5.41. The van der Waals surface area contributed by atoms with Crippen LogP contribution in [0.1, 0.15) is 61.9 Å². The average molecular weight is 609 g/mol. The summed E-state index contributed by atoms with van der Waals surface area (Å²) in [6, 6.07) is 19.1. The molecule has 5 aromatic rings. The number of nitrogens with one attached hydrogen (secondary N) is 1. The van der Waals surface area contributed by atoms with E-state index in [1.807, 2.05) is 6.07 Å². The second kappa shape index (κ2) is 12.0. The fourth-order valence-corrected chi connectivity index (χ4v) is 7.98. The largest absolute Gasteiger partial charge is 0.463 e. The molecule has 5 heterocycles. The molecule has 0 amide bonds. The van der Waals surface area contributed by atoms with E-state index in [1.165, 1.54) is 29.7 Å². The Morgan fingerprint density at radius 3 is 2.36 bits per heavy atom. The molecule has 8 nitrogen and oxygen atoms in total. The summed E-state index contributed by atoms with van der Waals surface area (Å²) >= 11 is 1.72. The number of imidazole rings is 2. The lowest BCUT2D eigenvalue weighted by atomic mass is 9.90. The highest BCUT2D eigenvalue weighted by Crippen LogP contribution is 2.43. The highest BCUT2D eigenvalue weighted by Gasteiger charge is 2.36. The second-order valence-corrected chi connectivity index (χ2v) is 13.5. The third-order valence-electron chi connectivity index (χ3n) is 9.89. The Labute approximate surface area is 262 Å². The first-order chi connectivity index (χ1) is 21.7. The van der Waals surface area contributed by atoms with Gasteiger partial charge in [0.2, 0.25) is 5.95 Å². The normalized spacial score (nSPS) is 19.1.